The normalized spacial score (nSPS) is 20.4. The van der Waals surface area contributed by atoms with E-state index in [9.17, 15) is 4.79 Å². The monoisotopic (exact) mass is 389 g/mol. The van der Waals surface area contributed by atoms with Gasteiger partial charge in [0.2, 0.25) is 0 Å². The Bertz CT molecular complexity index is 984. The standard InChI is InChI=1S/C24H27N3O2/c28-24(22-11-6-16-29-22)27-14-12-26(13-15-27)17-20-19-9-4-5-10-21(19)25-23(20)18-7-2-1-3-8-18/h1-5,7-10,22,25H,6,11-17H2/t22-/m0/s1. The zero-order chi connectivity index (χ0) is 19.6. The molecule has 5 rings (SSSR count). The summed E-state index contributed by atoms with van der Waals surface area (Å²) in [5.41, 5.74) is 4.93. The van der Waals surface area contributed by atoms with E-state index in [2.05, 4.69) is 64.5 Å². The minimum absolute atomic E-state index is 0.180. The number of piperazine rings is 1. The lowest BCUT2D eigenvalue weighted by atomic mass is 10.0. The molecule has 1 N–H and O–H groups in total. The van der Waals surface area contributed by atoms with Crippen LogP contribution in [-0.4, -0.2) is 59.6 Å². The molecule has 2 aliphatic rings. The van der Waals surface area contributed by atoms with Gasteiger partial charge < -0.3 is 14.6 Å². The lowest BCUT2D eigenvalue weighted by Crippen LogP contribution is -2.51. The Morgan fingerprint density at radius 1 is 1.00 bits per heavy atom. The van der Waals surface area contributed by atoms with Crippen molar-refractivity contribution in [3.05, 3.63) is 60.2 Å². The molecule has 0 aliphatic carbocycles. The zero-order valence-electron chi connectivity index (χ0n) is 16.6. The number of H-pyrrole nitrogens is 1. The molecule has 2 aliphatic heterocycles. The molecule has 1 atom stereocenters. The third-order valence-corrected chi connectivity index (χ3v) is 6.15. The number of aromatic amines is 1. The average molecular weight is 389 g/mol. The van der Waals surface area contributed by atoms with Crippen LogP contribution in [0.2, 0.25) is 0 Å². The van der Waals surface area contributed by atoms with Gasteiger partial charge in [0.05, 0.1) is 5.69 Å². The molecule has 0 bridgehead atoms. The van der Waals surface area contributed by atoms with E-state index in [1.165, 1.54) is 27.7 Å². The molecule has 0 saturated carbocycles. The zero-order valence-corrected chi connectivity index (χ0v) is 16.6. The summed E-state index contributed by atoms with van der Waals surface area (Å²) in [6, 6.07) is 19.1. The average Bonchev–Trinajstić information content (AvgIpc) is 3.43. The van der Waals surface area contributed by atoms with Crippen LogP contribution in [0.4, 0.5) is 0 Å². The number of fused-ring (bicyclic) bond motifs is 1. The number of ether oxygens (including phenoxy) is 1. The predicted octanol–water partition coefficient (Wildman–Crippen LogP) is 3.66. The number of nitrogens with zero attached hydrogens (tertiary/aromatic N) is 2. The number of carbonyl (C=O) groups is 1. The summed E-state index contributed by atoms with van der Waals surface area (Å²) in [5, 5.41) is 1.28. The van der Waals surface area contributed by atoms with Crippen molar-refractivity contribution in [2.24, 2.45) is 0 Å². The summed E-state index contributed by atoms with van der Waals surface area (Å²) in [4.78, 5) is 20.7. The van der Waals surface area contributed by atoms with Crippen LogP contribution in [0.1, 0.15) is 18.4 Å². The molecule has 3 heterocycles. The van der Waals surface area contributed by atoms with Gasteiger partial charge in [-0.1, -0.05) is 48.5 Å². The molecule has 0 spiro atoms. The number of hydrogen-bond acceptors (Lipinski definition) is 3. The Labute approximate surface area is 171 Å². The van der Waals surface area contributed by atoms with Crippen molar-refractivity contribution >= 4 is 16.8 Å². The number of rotatable bonds is 4. The van der Waals surface area contributed by atoms with E-state index >= 15 is 0 Å². The first-order valence-electron chi connectivity index (χ1n) is 10.6. The molecule has 150 valence electrons. The van der Waals surface area contributed by atoms with Crippen molar-refractivity contribution in [2.45, 2.75) is 25.5 Å². The molecular weight excluding hydrogens is 362 g/mol. The van der Waals surface area contributed by atoms with Crippen molar-refractivity contribution < 1.29 is 9.53 Å². The maximum absolute atomic E-state index is 12.6. The Morgan fingerprint density at radius 2 is 1.76 bits per heavy atom. The summed E-state index contributed by atoms with van der Waals surface area (Å²) >= 11 is 0. The molecule has 2 aromatic carbocycles. The Kier molecular flexibility index (Phi) is 5.08. The van der Waals surface area contributed by atoms with Crippen LogP contribution in [-0.2, 0) is 16.1 Å². The number of carbonyl (C=O) groups excluding carboxylic acids is 1. The number of aromatic nitrogens is 1. The molecule has 1 amide bonds. The number of para-hydroxylation sites is 1. The van der Waals surface area contributed by atoms with E-state index < -0.39 is 0 Å². The Morgan fingerprint density at radius 3 is 2.52 bits per heavy atom. The highest BCUT2D eigenvalue weighted by atomic mass is 16.5. The maximum Gasteiger partial charge on any atom is 0.251 e. The van der Waals surface area contributed by atoms with Gasteiger partial charge in [0.25, 0.3) is 5.91 Å². The molecule has 0 radical (unpaired) electrons. The van der Waals surface area contributed by atoms with Crippen molar-refractivity contribution in [1.82, 2.24) is 14.8 Å². The summed E-state index contributed by atoms with van der Waals surface area (Å²) in [6.45, 7) is 4.96. The first-order valence-corrected chi connectivity index (χ1v) is 10.6. The van der Waals surface area contributed by atoms with Crippen LogP contribution in [0.25, 0.3) is 22.2 Å². The fourth-order valence-corrected chi connectivity index (χ4v) is 4.54. The van der Waals surface area contributed by atoms with Gasteiger partial charge in [-0.25, -0.2) is 0 Å². The number of nitrogens with one attached hydrogen (secondary N) is 1. The van der Waals surface area contributed by atoms with Crippen LogP contribution in [0.3, 0.4) is 0 Å². The van der Waals surface area contributed by atoms with E-state index in [0.29, 0.717) is 0 Å². The van der Waals surface area contributed by atoms with E-state index in [1.807, 2.05) is 4.90 Å². The van der Waals surface area contributed by atoms with E-state index in [4.69, 9.17) is 4.74 Å². The highest BCUT2D eigenvalue weighted by molar-refractivity contribution is 5.90. The van der Waals surface area contributed by atoms with Gasteiger partial charge in [-0.05, 0) is 30.0 Å². The van der Waals surface area contributed by atoms with Crippen LogP contribution in [0.15, 0.2) is 54.6 Å². The second kappa shape index (κ2) is 8.01. The van der Waals surface area contributed by atoms with Gasteiger partial charge in [-0.15, -0.1) is 0 Å². The van der Waals surface area contributed by atoms with Gasteiger partial charge in [0.15, 0.2) is 0 Å². The topological polar surface area (TPSA) is 48.6 Å². The molecule has 2 saturated heterocycles. The first-order chi connectivity index (χ1) is 14.3. The molecule has 29 heavy (non-hydrogen) atoms. The molecule has 0 unspecified atom stereocenters. The smallest absolute Gasteiger partial charge is 0.251 e. The lowest BCUT2D eigenvalue weighted by Gasteiger charge is -2.35. The number of benzene rings is 2. The largest absolute Gasteiger partial charge is 0.368 e. The Hall–Kier alpha value is -2.63. The quantitative estimate of drug-likeness (QED) is 0.741. The molecule has 3 aromatic rings. The summed E-state index contributed by atoms with van der Waals surface area (Å²) < 4.78 is 5.58. The predicted molar refractivity (Wildman–Crippen MR) is 115 cm³/mol. The van der Waals surface area contributed by atoms with E-state index in [1.54, 1.807) is 0 Å². The van der Waals surface area contributed by atoms with Crippen molar-refractivity contribution in [3.8, 4) is 11.3 Å². The minimum atomic E-state index is -0.208. The maximum atomic E-state index is 12.6. The summed E-state index contributed by atoms with van der Waals surface area (Å²) in [5.74, 6) is 0.180. The highest BCUT2D eigenvalue weighted by Crippen LogP contribution is 2.31. The van der Waals surface area contributed by atoms with Crippen LogP contribution in [0.5, 0.6) is 0 Å². The Balaban J connectivity index is 1.34. The minimum Gasteiger partial charge on any atom is -0.368 e. The van der Waals surface area contributed by atoms with E-state index in [-0.39, 0.29) is 12.0 Å². The van der Waals surface area contributed by atoms with Crippen molar-refractivity contribution in [2.75, 3.05) is 32.8 Å². The van der Waals surface area contributed by atoms with Crippen molar-refractivity contribution in [1.29, 1.82) is 0 Å². The molecule has 5 nitrogen and oxygen atoms in total. The molecule has 1 aromatic heterocycles. The lowest BCUT2D eigenvalue weighted by molar-refractivity contribution is -0.142. The molecule has 5 heteroatoms. The van der Waals surface area contributed by atoms with Crippen LogP contribution >= 0.6 is 0 Å². The second-order valence-electron chi connectivity index (χ2n) is 7.99. The van der Waals surface area contributed by atoms with Gasteiger partial charge in [-0.2, -0.15) is 0 Å². The second-order valence-corrected chi connectivity index (χ2v) is 7.99. The molecular formula is C24H27N3O2. The fourth-order valence-electron chi connectivity index (χ4n) is 4.54. The molecule has 2 fully saturated rings. The third kappa shape index (κ3) is 3.68. The first kappa shape index (κ1) is 18.4. The van der Waals surface area contributed by atoms with E-state index in [0.717, 1.165) is 52.2 Å². The van der Waals surface area contributed by atoms with Crippen LogP contribution < -0.4 is 0 Å². The SMILES string of the molecule is O=C([C@@H]1CCCO1)N1CCN(Cc2c(-c3ccccc3)[nH]c3ccccc23)CC1. The van der Waals surface area contributed by atoms with Gasteiger partial charge in [0.1, 0.15) is 6.10 Å². The van der Waals surface area contributed by atoms with Gasteiger partial charge in [-0.3, -0.25) is 9.69 Å². The number of amides is 1. The van der Waals surface area contributed by atoms with Crippen molar-refractivity contribution in [3.63, 3.8) is 0 Å². The third-order valence-electron chi connectivity index (χ3n) is 6.15. The van der Waals surface area contributed by atoms with Gasteiger partial charge in [0, 0.05) is 50.2 Å². The number of hydrogen-bond donors (Lipinski definition) is 1. The summed E-state index contributed by atoms with van der Waals surface area (Å²) in [6.07, 6.45) is 1.66. The fraction of sp³-hybridized carbons (Fsp3) is 0.375. The van der Waals surface area contributed by atoms with Crippen LogP contribution in [0, 0.1) is 0 Å². The van der Waals surface area contributed by atoms with Gasteiger partial charge >= 0.3 is 0 Å². The summed E-state index contributed by atoms with van der Waals surface area (Å²) in [7, 11) is 0. The highest BCUT2D eigenvalue weighted by Gasteiger charge is 2.30.